The molecule has 0 saturated carbocycles. The Morgan fingerprint density at radius 2 is 2.15 bits per heavy atom. The Morgan fingerprint density at radius 3 is 2.62 bits per heavy atom. The maximum atomic E-state index is 9.48. The molecule has 2 heteroatoms. The van der Waals surface area contributed by atoms with Gasteiger partial charge in [-0.3, -0.25) is 0 Å². The predicted octanol–water partition coefficient (Wildman–Crippen LogP) is 2.31. The number of aryl methyl sites for hydroxylation is 1. The largest absolute Gasteiger partial charge is 0.496 e. The lowest BCUT2D eigenvalue weighted by Gasteiger charge is -2.12. The normalized spacial score (nSPS) is 12.6. The number of benzene rings is 1. The second kappa shape index (κ2) is 4.28. The molecule has 1 atom stereocenters. The lowest BCUT2D eigenvalue weighted by Crippen LogP contribution is -1.97. The molecule has 0 aliphatic heterocycles. The summed E-state index contributed by atoms with van der Waals surface area (Å²) in [4.78, 5) is 0. The summed E-state index contributed by atoms with van der Waals surface area (Å²) in [5, 5.41) is 9.48. The molecule has 0 saturated heterocycles. The van der Waals surface area contributed by atoms with Gasteiger partial charge in [-0.25, -0.2) is 0 Å². The van der Waals surface area contributed by atoms with Crippen LogP contribution in [0, 0.1) is 0 Å². The molecule has 1 N–H and O–H groups in total. The van der Waals surface area contributed by atoms with E-state index < -0.39 is 6.10 Å². The molecule has 2 nitrogen and oxygen atoms in total. The molecule has 0 bridgehead atoms. The van der Waals surface area contributed by atoms with Gasteiger partial charge in [0.05, 0.1) is 13.2 Å². The quantitative estimate of drug-likeness (QED) is 0.773. The van der Waals surface area contributed by atoms with Gasteiger partial charge in [-0.15, -0.1) is 0 Å². The Hall–Kier alpha value is -1.02. The summed E-state index contributed by atoms with van der Waals surface area (Å²) >= 11 is 0. The number of rotatable bonds is 3. The predicted molar refractivity (Wildman–Crippen MR) is 53.0 cm³/mol. The van der Waals surface area contributed by atoms with Crippen LogP contribution in [0.1, 0.15) is 31.1 Å². The smallest absolute Gasteiger partial charge is 0.124 e. The zero-order valence-corrected chi connectivity index (χ0v) is 8.37. The average Bonchev–Trinajstić information content (AvgIpc) is 2.16. The van der Waals surface area contributed by atoms with Crippen LogP contribution in [0.2, 0.25) is 0 Å². The van der Waals surface area contributed by atoms with Crippen LogP contribution in [0.5, 0.6) is 5.75 Å². The Morgan fingerprint density at radius 1 is 1.46 bits per heavy atom. The van der Waals surface area contributed by atoms with Crippen LogP contribution < -0.4 is 4.74 Å². The van der Waals surface area contributed by atoms with Crippen molar-refractivity contribution in [2.24, 2.45) is 0 Å². The standard InChI is InChI=1S/C11H16O2/c1-4-9-5-6-11(13-3)10(7-9)8(2)12/h5-8,12H,4H2,1-3H3. The molecule has 0 radical (unpaired) electrons. The summed E-state index contributed by atoms with van der Waals surface area (Å²) in [6.45, 7) is 3.84. The summed E-state index contributed by atoms with van der Waals surface area (Å²) in [6, 6.07) is 5.91. The fourth-order valence-corrected chi connectivity index (χ4v) is 1.33. The first-order chi connectivity index (χ1) is 6.19. The second-order valence-corrected chi connectivity index (χ2v) is 3.11. The molecule has 13 heavy (non-hydrogen) atoms. The van der Waals surface area contributed by atoms with Crippen LogP contribution in [-0.2, 0) is 6.42 Å². The van der Waals surface area contributed by atoms with Crippen LogP contribution in [0.4, 0.5) is 0 Å². The molecule has 1 aromatic rings. The van der Waals surface area contributed by atoms with Crippen LogP contribution >= 0.6 is 0 Å². The molecule has 0 aromatic heterocycles. The van der Waals surface area contributed by atoms with Crippen molar-refractivity contribution in [1.29, 1.82) is 0 Å². The number of ether oxygens (including phenoxy) is 1. The third-order valence-corrected chi connectivity index (χ3v) is 2.15. The highest BCUT2D eigenvalue weighted by Crippen LogP contribution is 2.25. The lowest BCUT2D eigenvalue weighted by molar-refractivity contribution is 0.194. The first-order valence-corrected chi connectivity index (χ1v) is 4.54. The SMILES string of the molecule is CCc1ccc(OC)c(C(C)O)c1. The lowest BCUT2D eigenvalue weighted by atomic mass is 10.0. The molecule has 0 aliphatic rings. The maximum Gasteiger partial charge on any atom is 0.124 e. The van der Waals surface area contributed by atoms with Crippen molar-refractivity contribution in [3.8, 4) is 5.75 Å². The van der Waals surface area contributed by atoms with Gasteiger partial charge in [0, 0.05) is 5.56 Å². The summed E-state index contributed by atoms with van der Waals surface area (Å²) in [5.41, 5.74) is 2.08. The van der Waals surface area contributed by atoms with Crippen molar-refractivity contribution in [3.05, 3.63) is 29.3 Å². The first-order valence-electron chi connectivity index (χ1n) is 4.54. The first kappa shape index (κ1) is 10.1. The van der Waals surface area contributed by atoms with E-state index in [-0.39, 0.29) is 0 Å². The van der Waals surface area contributed by atoms with Crippen molar-refractivity contribution in [1.82, 2.24) is 0 Å². The van der Waals surface area contributed by atoms with E-state index in [1.165, 1.54) is 5.56 Å². The zero-order chi connectivity index (χ0) is 9.84. The van der Waals surface area contributed by atoms with Crippen molar-refractivity contribution in [2.75, 3.05) is 7.11 Å². The third-order valence-electron chi connectivity index (χ3n) is 2.15. The molecule has 1 unspecified atom stereocenters. The number of aliphatic hydroxyl groups excluding tert-OH is 1. The van der Waals surface area contributed by atoms with Gasteiger partial charge in [0.15, 0.2) is 0 Å². The van der Waals surface area contributed by atoms with E-state index in [0.717, 1.165) is 17.7 Å². The summed E-state index contributed by atoms with van der Waals surface area (Å²) in [5.74, 6) is 0.757. The van der Waals surface area contributed by atoms with E-state index in [1.807, 2.05) is 18.2 Å². The second-order valence-electron chi connectivity index (χ2n) is 3.11. The van der Waals surface area contributed by atoms with Crippen molar-refractivity contribution >= 4 is 0 Å². The Bertz CT molecular complexity index is 279. The number of hydrogen-bond donors (Lipinski definition) is 1. The van der Waals surface area contributed by atoms with Crippen LogP contribution in [-0.4, -0.2) is 12.2 Å². The number of aliphatic hydroxyl groups is 1. The number of methoxy groups -OCH3 is 1. The molecule has 0 aliphatic carbocycles. The third kappa shape index (κ3) is 2.22. The minimum Gasteiger partial charge on any atom is -0.496 e. The summed E-state index contributed by atoms with van der Waals surface area (Å²) in [7, 11) is 1.62. The number of hydrogen-bond acceptors (Lipinski definition) is 2. The molecule has 72 valence electrons. The molecular formula is C11H16O2. The van der Waals surface area contributed by atoms with Gasteiger partial charge in [-0.1, -0.05) is 13.0 Å². The Balaban J connectivity index is 3.10. The van der Waals surface area contributed by atoms with E-state index in [2.05, 4.69) is 6.92 Å². The van der Waals surface area contributed by atoms with Gasteiger partial charge in [-0.2, -0.15) is 0 Å². The topological polar surface area (TPSA) is 29.5 Å². The van der Waals surface area contributed by atoms with Gasteiger partial charge >= 0.3 is 0 Å². The minimum absolute atomic E-state index is 0.471. The summed E-state index contributed by atoms with van der Waals surface area (Å²) < 4.78 is 5.15. The van der Waals surface area contributed by atoms with E-state index in [0.29, 0.717) is 0 Å². The minimum atomic E-state index is -0.471. The van der Waals surface area contributed by atoms with Crippen LogP contribution in [0.3, 0.4) is 0 Å². The highest BCUT2D eigenvalue weighted by Gasteiger charge is 2.08. The highest BCUT2D eigenvalue weighted by molar-refractivity contribution is 5.38. The fraction of sp³-hybridized carbons (Fsp3) is 0.455. The zero-order valence-electron chi connectivity index (χ0n) is 8.37. The van der Waals surface area contributed by atoms with Gasteiger partial charge in [0.2, 0.25) is 0 Å². The van der Waals surface area contributed by atoms with E-state index in [1.54, 1.807) is 14.0 Å². The highest BCUT2D eigenvalue weighted by atomic mass is 16.5. The van der Waals surface area contributed by atoms with Gasteiger partial charge in [0.1, 0.15) is 5.75 Å². The molecule has 0 fully saturated rings. The van der Waals surface area contributed by atoms with Crippen molar-refractivity contribution < 1.29 is 9.84 Å². The van der Waals surface area contributed by atoms with Gasteiger partial charge in [0.25, 0.3) is 0 Å². The monoisotopic (exact) mass is 180 g/mol. The van der Waals surface area contributed by atoms with Gasteiger partial charge in [-0.05, 0) is 31.0 Å². The van der Waals surface area contributed by atoms with E-state index in [9.17, 15) is 5.11 Å². The van der Waals surface area contributed by atoms with Crippen molar-refractivity contribution in [2.45, 2.75) is 26.4 Å². The van der Waals surface area contributed by atoms with Gasteiger partial charge < -0.3 is 9.84 Å². The average molecular weight is 180 g/mol. The Kier molecular flexibility index (Phi) is 3.32. The Labute approximate surface area is 79.2 Å². The van der Waals surface area contributed by atoms with Crippen LogP contribution in [0.25, 0.3) is 0 Å². The molecule has 1 aromatic carbocycles. The van der Waals surface area contributed by atoms with E-state index >= 15 is 0 Å². The molecule has 0 amide bonds. The molecular weight excluding hydrogens is 164 g/mol. The fourth-order valence-electron chi connectivity index (χ4n) is 1.33. The summed E-state index contributed by atoms with van der Waals surface area (Å²) in [6.07, 6.45) is 0.505. The molecule has 0 heterocycles. The maximum absolute atomic E-state index is 9.48. The van der Waals surface area contributed by atoms with Crippen LogP contribution in [0.15, 0.2) is 18.2 Å². The van der Waals surface area contributed by atoms with Crippen molar-refractivity contribution in [3.63, 3.8) is 0 Å². The molecule has 1 rings (SSSR count). The van der Waals surface area contributed by atoms with E-state index in [4.69, 9.17) is 4.74 Å². The molecule has 0 spiro atoms.